The van der Waals surface area contributed by atoms with Crippen LogP contribution in [0.15, 0.2) is 48.0 Å². The molecular weight excluding hydrogens is 246 g/mol. The lowest BCUT2D eigenvalue weighted by atomic mass is 9.91. The molecule has 2 aromatic carbocycles. The monoisotopic (exact) mass is 265 g/mol. The fourth-order valence-electron chi connectivity index (χ4n) is 2.77. The van der Waals surface area contributed by atoms with Gasteiger partial charge < -0.3 is 10.4 Å². The average molecular weight is 265 g/mol. The molecule has 3 rings (SSSR count). The predicted octanol–water partition coefficient (Wildman–Crippen LogP) is 4.06. The number of aryl methyl sites for hydroxylation is 1. The van der Waals surface area contributed by atoms with E-state index in [1.807, 2.05) is 13.0 Å². The van der Waals surface area contributed by atoms with Crippen molar-refractivity contribution in [2.75, 3.05) is 5.32 Å². The van der Waals surface area contributed by atoms with Gasteiger partial charge in [-0.3, -0.25) is 0 Å². The molecule has 0 aromatic heterocycles. The number of hydrogen-bond acceptors (Lipinski definition) is 2. The molecule has 0 fully saturated rings. The van der Waals surface area contributed by atoms with Crippen LogP contribution in [0.5, 0.6) is 0 Å². The lowest BCUT2D eigenvalue weighted by Gasteiger charge is -2.27. The molecule has 102 valence electrons. The molecule has 2 nitrogen and oxygen atoms in total. The molecule has 1 atom stereocenters. The zero-order chi connectivity index (χ0) is 14.1. The van der Waals surface area contributed by atoms with E-state index in [1.54, 1.807) is 0 Å². The standard InChI is InChI=1S/C18H19NO/c1-12-9-15(7-8-16(12)11-20)18-13(2)10-14-5-3-4-6-17(14)19-18/h3-10,18-20H,11H2,1-2H3. The van der Waals surface area contributed by atoms with Crippen molar-refractivity contribution in [3.8, 4) is 0 Å². The minimum absolute atomic E-state index is 0.0991. The van der Waals surface area contributed by atoms with Crippen LogP contribution in [0.25, 0.3) is 6.08 Å². The highest BCUT2D eigenvalue weighted by Crippen LogP contribution is 2.35. The van der Waals surface area contributed by atoms with Crippen LogP contribution in [0.1, 0.15) is 35.2 Å². The van der Waals surface area contributed by atoms with Crippen molar-refractivity contribution in [3.05, 3.63) is 70.3 Å². The Bertz CT molecular complexity index is 673. The van der Waals surface area contributed by atoms with Crippen molar-refractivity contribution < 1.29 is 5.11 Å². The maximum absolute atomic E-state index is 9.27. The van der Waals surface area contributed by atoms with E-state index in [-0.39, 0.29) is 12.6 Å². The van der Waals surface area contributed by atoms with Gasteiger partial charge in [-0.1, -0.05) is 42.5 Å². The van der Waals surface area contributed by atoms with E-state index in [9.17, 15) is 5.11 Å². The smallest absolute Gasteiger partial charge is 0.0728 e. The molecule has 0 spiro atoms. The summed E-state index contributed by atoms with van der Waals surface area (Å²) in [7, 11) is 0. The number of nitrogens with one attached hydrogen (secondary N) is 1. The first kappa shape index (κ1) is 12.9. The second kappa shape index (κ2) is 5.14. The summed E-state index contributed by atoms with van der Waals surface area (Å²) in [6.45, 7) is 4.30. The number of rotatable bonds is 2. The summed E-state index contributed by atoms with van der Waals surface area (Å²) in [5.41, 5.74) is 7.09. The zero-order valence-corrected chi connectivity index (χ0v) is 11.9. The Morgan fingerprint density at radius 2 is 1.90 bits per heavy atom. The van der Waals surface area contributed by atoms with Gasteiger partial charge >= 0.3 is 0 Å². The Labute approximate surface area is 119 Å². The molecule has 20 heavy (non-hydrogen) atoms. The molecule has 1 aliphatic rings. The molecule has 0 radical (unpaired) electrons. The number of hydrogen-bond donors (Lipinski definition) is 2. The first-order chi connectivity index (χ1) is 9.69. The van der Waals surface area contributed by atoms with Crippen LogP contribution < -0.4 is 5.32 Å². The highest BCUT2D eigenvalue weighted by molar-refractivity contribution is 5.73. The third-order valence-corrected chi connectivity index (χ3v) is 3.97. The van der Waals surface area contributed by atoms with E-state index < -0.39 is 0 Å². The first-order valence-electron chi connectivity index (χ1n) is 6.93. The fourth-order valence-corrected chi connectivity index (χ4v) is 2.77. The van der Waals surface area contributed by atoms with Gasteiger partial charge in [0.1, 0.15) is 0 Å². The van der Waals surface area contributed by atoms with Gasteiger partial charge in [-0.2, -0.15) is 0 Å². The van der Waals surface area contributed by atoms with E-state index >= 15 is 0 Å². The zero-order valence-electron chi connectivity index (χ0n) is 11.9. The minimum Gasteiger partial charge on any atom is -0.392 e. The van der Waals surface area contributed by atoms with Crippen molar-refractivity contribution >= 4 is 11.8 Å². The van der Waals surface area contributed by atoms with Gasteiger partial charge in [0, 0.05) is 5.69 Å². The predicted molar refractivity (Wildman–Crippen MR) is 83.6 cm³/mol. The molecule has 1 unspecified atom stereocenters. The van der Waals surface area contributed by atoms with Gasteiger partial charge in [-0.25, -0.2) is 0 Å². The van der Waals surface area contributed by atoms with E-state index in [4.69, 9.17) is 0 Å². The Kier molecular flexibility index (Phi) is 3.33. The van der Waals surface area contributed by atoms with Gasteiger partial charge in [-0.05, 0) is 47.7 Å². The molecule has 0 saturated carbocycles. The number of aliphatic hydroxyl groups is 1. The Morgan fingerprint density at radius 1 is 1.10 bits per heavy atom. The molecular formula is C18H19NO. The van der Waals surface area contributed by atoms with Crippen molar-refractivity contribution in [2.24, 2.45) is 0 Å². The Balaban J connectivity index is 1.98. The van der Waals surface area contributed by atoms with Crippen LogP contribution in [0.2, 0.25) is 0 Å². The highest BCUT2D eigenvalue weighted by Gasteiger charge is 2.19. The number of fused-ring (bicyclic) bond motifs is 1. The van der Waals surface area contributed by atoms with E-state index in [0.717, 1.165) is 11.1 Å². The number of para-hydroxylation sites is 1. The lowest BCUT2D eigenvalue weighted by molar-refractivity contribution is 0.281. The third kappa shape index (κ3) is 2.23. The van der Waals surface area contributed by atoms with Crippen LogP contribution in [0, 0.1) is 6.92 Å². The Hall–Kier alpha value is -2.06. The molecule has 0 aliphatic carbocycles. The van der Waals surface area contributed by atoms with Crippen LogP contribution in [0.3, 0.4) is 0 Å². The van der Waals surface area contributed by atoms with E-state index in [1.165, 1.54) is 22.4 Å². The van der Waals surface area contributed by atoms with E-state index in [2.05, 4.69) is 54.7 Å². The topological polar surface area (TPSA) is 32.3 Å². The fraction of sp³-hybridized carbons (Fsp3) is 0.222. The van der Waals surface area contributed by atoms with Crippen molar-refractivity contribution in [1.29, 1.82) is 0 Å². The molecule has 0 saturated heterocycles. The second-order valence-electron chi connectivity index (χ2n) is 5.40. The summed E-state index contributed by atoms with van der Waals surface area (Å²) in [4.78, 5) is 0. The normalized spacial score (nSPS) is 17.1. The summed E-state index contributed by atoms with van der Waals surface area (Å²) in [6, 6.07) is 14.8. The molecule has 2 heteroatoms. The van der Waals surface area contributed by atoms with Gasteiger partial charge in [-0.15, -0.1) is 0 Å². The number of anilines is 1. The molecule has 1 aliphatic heterocycles. The maximum Gasteiger partial charge on any atom is 0.0728 e. The summed E-state index contributed by atoms with van der Waals surface area (Å²) in [6.07, 6.45) is 2.24. The van der Waals surface area contributed by atoms with Gasteiger partial charge in [0.2, 0.25) is 0 Å². The molecule has 0 bridgehead atoms. The van der Waals surface area contributed by atoms with Crippen LogP contribution in [0.4, 0.5) is 5.69 Å². The van der Waals surface area contributed by atoms with Gasteiger partial charge in [0.25, 0.3) is 0 Å². The third-order valence-electron chi connectivity index (χ3n) is 3.97. The first-order valence-corrected chi connectivity index (χ1v) is 6.93. The summed E-state index contributed by atoms with van der Waals surface area (Å²) in [5, 5.41) is 12.9. The summed E-state index contributed by atoms with van der Waals surface area (Å²) >= 11 is 0. The quantitative estimate of drug-likeness (QED) is 0.858. The number of aliphatic hydroxyl groups excluding tert-OH is 1. The van der Waals surface area contributed by atoms with Gasteiger partial charge in [0.15, 0.2) is 0 Å². The van der Waals surface area contributed by atoms with Crippen LogP contribution in [-0.2, 0) is 6.61 Å². The lowest BCUT2D eigenvalue weighted by Crippen LogP contribution is -2.16. The van der Waals surface area contributed by atoms with Gasteiger partial charge in [0.05, 0.1) is 12.6 Å². The molecule has 1 heterocycles. The van der Waals surface area contributed by atoms with Crippen molar-refractivity contribution in [3.63, 3.8) is 0 Å². The largest absolute Gasteiger partial charge is 0.392 e. The highest BCUT2D eigenvalue weighted by atomic mass is 16.3. The van der Waals surface area contributed by atoms with Crippen molar-refractivity contribution in [1.82, 2.24) is 0 Å². The molecule has 2 N–H and O–H groups in total. The molecule has 0 amide bonds. The molecule has 2 aromatic rings. The Morgan fingerprint density at radius 3 is 2.65 bits per heavy atom. The number of benzene rings is 2. The minimum atomic E-state index is 0.0991. The SMILES string of the molecule is CC1=Cc2ccccc2NC1c1ccc(CO)c(C)c1. The summed E-state index contributed by atoms with van der Waals surface area (Å²) in [5.74, 6) is 0. The average Bonchev–Trinajstić information content (AvgIpc) is 2.46. The van der Waals surface area contributed by atoms with E-state index in [0.29, 0.717) is 0 Å². The van der Waals surface area contributed by atoms with Crippen LogP contribution >= 0.6 is 0 Å². The maximum atomic E-state index is 9.27. The second-order valence-corrected chi connectivity index (χ2v) is 5.40. The van der Waals surface area contributed by atoms with Crippen molar-refractivity contribution in [2.45, 2.75) is 26.5 Å². The van der Waals surface area contributed by atoms with Crippen LogP contribution in [-0.4, -0.2) is 5.11 Å². The summed E-state index contributed by atoms with van der Waals surface area (Å²) < 4.78 is 0.